The number of nitrogens with zero attached hydrogens (tertiary/aromatic N) is 12. The average Bonchev–Trinajstić information content (AvgIpc) is 1.68. The minimum Gasteiger partial charge on any atom is -0.471 e. The van der Waals surface area contributed by atoms with Crippen LogP contribution in [0.3, 0.4) is 0 Å². The Kier molecular flexibility index (Phi) is 51.5. The lowest BCUT2D eigenvalue weighted by Gasteiger charge is -2.35. The summed E-state index contributed by atoms with van der Waals surface area (Å²) in [6.07, 6.45) is 9.02. The third-order valence-electron chi connectivity index (χ3n) is 20.9. The molecular formula is C92H130N24O25. The van der Waals surface area contributed by atoms with Crippen LogP contribution in [-0.4, -0.2) is 329 Å². The van der Waals surface area contributed by atoms with Gasteiger partial charge in [0.2, 0.25) is 53.2 Å². The molecule has 7 heterocycles. The molecule has 49 nitrogen and oxygen atoms in total. The van der Waals surface area contributed by atoms with Gasteiger partial charge in [-0.1, -0.05) is 89.6 Å². The molecule has 1 aliphatic heterocycles. The van der Waals surface area contributed by atoms with Crippen LogP contribution < -0.4 is 63.4 Å². The first-order valence-electron chi connectivity index (χ1n) is 46.8. The van der Waals surface area contributed by atoms with E-state index in [2.05, 4.69) is 102 Å². The van der Waals surface area contributed by atoms with Gasteiger partial charge in [0.1, 0.15) is 19.8 Å². The van der Waals surface area contributed by atoms with Gasteiger partial charge in [-0.3, -0.25) is 33.7 Å². The topological polar surface area (TPSA) is 627 Å². The van der Waals surface area contributed by atoms with E-state index in [9.17, 15) is 33.6 Å². The quantitative estimate of drug-likeness (QED) is 0.00842. The number of H-pyrrole nitrogens is 3. The van der Waals surface area contributed by atoms with Gasteiger partial charge in [0, 0.05) is 82.6 Å². The second kappa shape index (κ2) is 66.0. The number of aromatic amines is 3. The lowest BCUT2D eigenvalue weighted by molar-refractivity contribution is -0.137. The molecule has 10 rings (SSSR count). The number of aromatic nitrogens is 12. The Morgan fingerprint density at radius 1 is 0.333 bits per heavy atom. The molecule has 0 saturated carbocycles. The third kappa shape index (κ3) is 44.2. The summed E-state index contributed by atoms with van der Waals surface area (Å²) in [5, 5.41) is 24.3. The first kappa shape index (κ1) is 110. The number of hydrogen-bond acceptors (Lipinski definition) is 38. The molecule has 8 amide bonds. The van der Waals surface area contributed by atoms with E-state index in [0.717, 1.165) is 33.4 Å². The predicted octanol–water partition coefficient (Wildman–Crippen LogP) is 4.02. The lowest BCUT2D eigenvalue weighted by atomic mass is 9.83. The van der Waals surface area contributed by atoms with Crippen molar-refractivity contribution in [2.45, 2.75) is 109 Å². The number of ether oxygens (including phenoxy) is 18. The minimum atomic E-state index is -1.28. The second-order valence-corrected chi connectivity index (χ2v) is 31.5. The van der Waals surface area contributed by atoms with E-state index in [-0.39, 0.29) is 243 Å². The summed E-state index contributed by atoms with van der Waals surface area (Å²) in [6, 6.07) is 22.7. The van der Waals surface area contributed by atoms with Crippen LogP contribution in [0.25, 0.3) is 33.5 Å². The van der Waals surface area contributed by atoms with Gasteiger partial charge in [-0.15, -0.1) is 0 Å². The number of fused-ring (bicyclic) bond motifs is 3. The van der Waals surface area contributed by atoms with Crippen molar-refractivity contribution in [3.8, 4) is 17.6 Å². The number of nitrogens with one attached hydrogen (secondary N) is 9. The van der Waals surface area contributed by atoms with Gasteiger partial charge in [0.25, 0.3) is 17.8 Å². The molecule has 49 heteroatoms. The van der Waals surface area contributed by atoms with Crippen molar-refractivity contribution in [1.29, 1.82) is 0 Å². The SMILES string of the molecule is NN=Nc1nc(OCc2ccc(COCCOCCOCCOCCNC(=O)CCC(CCC(=O)NCCOCCOCCOCCOCc3ccc(COc4nc(N)nc5[nH]cnc45)cc3)(CCC(=O)NCCOCCOCCOCCOCc3ccc(COc4nc(N)nc5[nH]cnc45)cc3)NC(=O)NCCOCCOCCOCCNC(=O)CCCCCN3C(=O)C=CC3=O)cc2)c2nc[nH]c2n1. The lowest BCUT2D eigenvalue weighted by Crippen LogP contribution is -2.54. The van der Waals surface area contributed by atoms with E-state index < -0.39 is 11.6 Å². The summed E-state index contributed by atoms with van der Waals surface area (Å²) in [5.41, 5.74) is 18.9. The molecule has 768 valence electrons. The van der Waals surface area contributed by atoms with Crippen LogP contribution in [-0.2, 0) is 139 Å². The Labute approximate surface area is 814 Å². The fourth-order valence-corrected chi connectivity index (χ4v) is 13.5. The fourth-order valence-electron chi connectivity index (χ4n) is 13.5. The van der Waals surface area contributed by atoms with E-state index >= 15 is 0 Å². The molecule has 15 N–H and O–H groups in total. The number of imide groups is 1. The summed E-state index contributed by atoms with van der Waals surface area (Å²) in [5.74, 6) is 4.38. The van der Waals surface area contributed by atoms with Crippen LogP contribution in [0.1, 0.15) is 97.6 Å². The Morgan fingerprint density at radius 3 is 0.943 bits per heavy atom. The van der Waals surface area contributed by atoms with E-state index in [1.807, 2.05) is 72.8 Å². The molecule has 3 aromatic carbocycles. The van der Waals surface area contributed by atoms with Gasteiger partial charge in [0.05, 0.1) is 217 Å². The molecule has 0 atom stereocenters. The maximum absolute atomic E-state index is 14.0. The van der Waals surface area contributed by atoms with Gasteiger partial charge in [0.15, 0.2) is 33.5 Å². The van der Waals surface area contributed by atoms with E-state index in [4.69, 9.17) is 103 Å². The fraction of sp³-hybridized carbons (Fsp3) is 0.543. The molecule has 0 aliphatic carbocycles. The van der Waals surface area contributed by atoms with Crippen molar-refractivity contribution in [3.63, 3.8) is 0 Å². The Bertz CT molecular complexity index is 4990. The van der Waals surface area contributed by atoms with Gasteiger partial charge < -0.3 is 149 Å². The standard InChI is InChI=1S/C92H130N24O25/c93-88-107-82-79(101-64-104-82)85(110-88)139-61-70-11-5-67(6-12-70)58-136-55-52-133-49-46-130-42-37-125-32-26-97-74(118)19-22-92(113-91(123)100-29-35-128-40-45-129-41-36-124-31-25-96-73(117)4-2-1-3-30-116-77(121)17-18-78(116)122,23-20-75(119)98-27-33-126-38-43-131-47-50-134-53-56-137-59-68-7-13-71(14-8-68)62-140-86-80-83(105-65-102-80)108-89(94)111-86)24-21-76(120)99-28-34-127-39-44-132-48-51-135-54-57-138-60-69-9-15-72(16-10-69)63-141-87-81-84(106-66-103-81)109-90(112-87)114-115-95/h5-18,64-66H,1-4,19-63H2,(H,96,117)(H,97,118)(H,98,119)(H,99,120)(H2,100,113,123)(H3,93,101,104,107,110)(H3,94,102,105,108,111)(H3,95,103,106,109,112,114). The molecular weight excluding hydrogens is 1840 g/mol. The molecule has 0 bridgehead atoms. The highest BCUT2D eigenvalue weighted by molar-refractivity contribution is 6.12. The number of anilines is 2. The third-order valence-corrected chi connectivity index (χ3v) is 20.9. The van der Waals surface area contributed by atoms with E-state index in [0.29, 0.717) is 183 Å². The van der Waals surface area contributed by atoms with Crippen LogP contribution in [0.5, 0.6) is 17.6 Å². The first-order chi connectivity index (χ1) is 69.1. The number of amides is 8. The number of carbonyl (C=O) groups is 7. The van der Waals surface area contributed by atoms with Crippen molar-refractivity contribution in [2.24, 2.45) is 16.2 Å². The summed E-state index contributed by atoms with van der Waals surface area (Å²) >= 11 is 0. The summed E-state index contributed by atoms with van der Waals surface area (Å²) in [7, 11) is 0. The number of nitrogen functional groups attached to an aromatic ring is 2. The molecule has 0 spiro atoms. The molecule has 6 aromatic heterocycles. The van der Waals surface area contributed by atoms with Crippen LogP contribution in [0.2, 0.25) is 0 Å². The zero-order valence-electron chi connectivity index (χ0n) is 79.3. The van der Waals surface area contributed by atoms with Gasteiger partial charge >= 0.3 is 6.03 Å². The Balaban J connectivity index is 0.612. The van der Waals surface area contributed by atoms with Crippen LogP contribution >= 0.6 is 0 Å². The number of benzene rings is 3. The number of rotatable bonds is 80. The van der Waals surface area contributed by atoms with Crippen LogP contribution in [0.15, 0.2) is 114 Å². The maximum atomic E-state index is 14.0. The number of urea groups is 1. The molecule has 0 unspecified atom stereocenters. The first-order valence-corrected chi connectivity index (χ1v) is 46.8. The molecule has 1 aliphatic rings. The Hall–Kier alpha value is -12.9. The van der Waals surface area contributed by atoms with E-state index in [1.54, 1.807) is 0 Å². The highest BCUT2D eigenvalue weighted by Crippen LogP contribution is 2.29. The van der Waals surface area contributed by atoms with Crippen molar-refractivity contribution < 1.29 is 119 Å². The van der Waals surface area contributed by atoms with Gasteiger partial charge in [-0.25, -0.2) is 19.7 Å². The number of unbranched alkanes of at least 4 members (excludes halogenated alkanes) is 2. The molecule has 0 radical (unpaired) electrons. The normalized spacial score (nSPS) is 12.1. The van der Waals surface area contributed by atoms with Crippen LogP contribution in [0, 0.1) is 0 Å². The highest BCUT2D eigenvalue weighted by atomic mass is 16.6. The van der Waals surface area contributed by atoms with Crippen molar-refractivity contribution in [1.82, 2.24) is 96.6 Å². The van der Waals surface area contributed by atoms with E-state index in [1.165, 1.54) is 36.0 Å². The highest BCUT2D eigenvalue weighted by Gasteiger charge is 2.34. The molecule has 141 heavy (non-hydrogen) atoms. The number of nitrogens with two attached hydrogens (primary N) is 3. The number of imidazole rings is 3. The largest absolute Gasteiger partial charge is 0.471 e. The van der Waals surface area contributed by atoms with Gasteiger partial charge in [-0.2, -0.15) is 29.9 Å². The zero-order valence-corrected chi connectivity index (χ0v) is 79.3. The number of carbonyl (C=O) groups excluding carboxylic acids is 7. The number of hydrogen-bond donors (Lipinski definition) is 12. The predicted molar refractivity (Wildman–Crippen MR) is 507 cm³/mol. The smallest absolute Gasteiger partial charge is 0.315 e. The van der Waals surface area contributed by atoms with Gasteiger partial charge in [-0.05, 0) is 65.5 Å². The van der Waals surface area contributed by atoms with Crippen LogP contribution in [0.4, 0.5) is 22.6 Å². The average molecular weight is 1970 g/mol. The maximum Gasteiger partial charge on any atom is 0.315 e. The van der Waals surface area contributed by atoms with Crippen molar-refractivity contribution in [2.75, 3.05) is 229 Å². The van der Waals surface area contributed by atoms with Crippen molar-refractivity contribution in [3.05, 3.63) is 137 Å². The molecule has 9 aromatic rings. The molecule has 0 saturated heterocycles. The summed E-state index contributed by atoms with van der Waals surface area (Å²) in [4.78, 5) is 138. The van der Waals surface area contributed by atoms with Crippen molar-refractivity contribution >= 4 is 92.8 Å². The second-order valence-electron chi connectivity index (χ2n) is 31.5. The monoisotopic (exact) mass is 1970 g/mol. The summed E-state index contributed by atoms with van der Waals surface area (Å²) < 4.78 is 103. The molecule has 0 fully saturated rings. The minimum absolute atomic E-state index is 0.0316. The summed E-state index contributed by atoms with van der Waals surface area (Å²) in [6.45, 7) is 10.7. The zero-order chi connectivity index (χ0) is 99.1. The Morgan fingerprint density at radius 2 is 0.617 bits per heavy atom.